The van der Waals surface area contributed by atoms with Crippen LogP contribution >= 0.6 is 0 Å². The zero-order valence-corrected chi connectivity index (χ0v) is 11.7. The van der Waals surface area contributed by atoms with Gasteiger partial charge in [-0.1, -0.05) is 12.1 Å². The molecule has 3 rings (SSSR count). The number of carbonyl (C=O) groups excluding carboxylic acids is 1. The van der Waals surface area contributed by atoms with Gasteiger partial charge in [0.2, 0.25) is 0 Å². The molecule has 0 radical (unpaired) electrons. The van der Waals surface area contributed by atoms with E-state index in [1.54, 1.807) is 6.20 Å². The van der Waals surface area contributed by atoms with Gasteiger partial charge in [-0.15, -0.1) is 0 Å². The molecular weight excluding hydrogens is 250 g/mol. The van der Waals surface area contributed by atoms with Crippen molar-refractivity contribution in [1.29, 1.82) is 0 Å². The Labute approximate surface area is 118 Å². The van der Waals surface area contributed by atoms with Crippen LogP contribution in [0.25, 0.3) is 0 Å². The van der Waals surface area contributed by atoms with Gasteiger partial charge in [-0.25, -0.2) is 4.98 Å². The van der Waals surface area contributed by atoms with Crippen LogP contribution < -0.4 is 9.80 Å². The van der Waals surface area contributed by atoms with Crippen LogP contribution in [0.5, 0.6) is 0 Å². The first-order chi connectivity index (χ1) is 9.77. The molecule has 0 saturated heterocycles. The molecular formula is C16H17N3O. The summed E-state index contributed by atoms with van der Waals surface area (Å²) in [7, 11) is 0. The number of anilines is 3. The lowest BCUT2D eigenvalue weighted by Gasteiger charge is -2.24. The molecule has 1 amide bonds. The van der Waals surface area contributed by atoms with E-state index >= 15 is 0 Å². The molecule has 20 heavy (non-hydrogen) atoms. The standard InChI is InChI=1S/C16H17N3O/c1-3-18-13-9-5-6-10-14(13)19(4-2)16(20)12-8-7-11-17-15(12)18/h5-11H,3-4H2,1-2H3. The van der Waals surface area contributed by atoms with E-state index in [-0.39, 0.29) is 5.91 Å². The predicted molar refractivity (Wildman–Crippen MR) is 80.7 cm³/mol. The highest BCUT2D eigenvalue weighted by molar-refractivity contribution is 6.13. The van der Waals surface area contributed by atoms with Crippen LogP contribution in [0.3, 0.4) is 0 Å². The van der Waals surface area contributed by atoms with Gasteiger partial charge in [0, 0.05) is 19.3 Å². The van der Waals surface area contributed by atoms with Crippen molar-refractivity contribution >= 4 is 23.1 Å². The maximum absolute atomic E-state index is 12.8. The van der Waals surface area contributed by atoms with Gasteiger partial charge >= 0.3 is 0 Å². The van der Waals surface area contributed by atoms with Gasteiger partial charge in [0.05, 0.1) is 16.9 Å². The van der Waals surface area contributed by atoms with E-state index in [1.807, 2.05) is 48.2 Å². The molecule has 1 aromatic heterocycles. The predicted octanol–water partition coefficient (Wildman–Crippen LogP) is 3.22. The van der Waals surface area contributed by atoms with E-state index in [2.05, 4.69) is 16.8 Å². The van der Waals surface area contributed by atoms with Crippen molar-refractivity contribution in [3.05, 3.63) is 48.2 Å². The van der Waals surface area contributed by atoms with Crippen molar-refractivity contribution < 1.29 is 4.79 Å². The Hall–Kier alpha value is -2.36. The molecule has 102 valence electrons. The second-order valence-corrected chi connectivity index (χ2v) is 4.66. The number of hydrogen-bond donors (Lipinski definition) is 0. The smallest absolute Gasteiger partial charge is 0.262 e. The van der Waals surface area contributed by atoms with Crippen LogP contribution in [0.15, 0.2) is 42.6 Å². The van der Waals surface area contributed by atoms with Crippen LogP contribution in [-0.4, -0.2) is 24.0 Å². The van der Waals surface area contributed by atoms with E-state index in [0.29, 0.717) is 12.1 Å². The Morgan fingerprint density at radius 1 is 0.950 bits per heavy atom. The van der Waals surface area contributed by atoms with Gasteiger partial charge in [0.25, 0.3) is 5.91 Å². The maximum atomic E-state index is 12.8. The molecule has 0 unspecified atom stereocenters. The first kappa shape index (κ1) is 12.7. The summed E-state index contributed by atoms with van der Waals surface area (Å²) in [5, 5.41) is 0. The molecule has 2 aromatic rings. The summed E-state index contributed by atoms with van der Waals surface area (Å²) in [4.78, 5) is 21.1. The van der Waals surface area contributed by atoms with Gasteiger partial charge < -0.3 is 9.80 Å². The molecule has 1 aliphatic heterocycles. The normalized spacial score (nSPS) is 13.8. The van der Waals surface area contributed by atoms with Crippen molar-refractivity contribution in [3.8, 4) is 0 Å². The van der Waals surface area contributed by atoms with Crippen LogP contribution in [0.2, 0.25) is 0 Å². The van der Waals surface area contributed by atoms with E-state index in [1.165, 1.54) is 0 Å². The summed E-state index contributed by atoms with van der Waals surface area (Å²) in [6, 6.07) is 11.7. The summed E-state index contributed by atoms with van der Waals surface area (Å²) in [6.45, 7) is 5.47. The second-order valence-electron chi connectivity index (χ2n) is 4.66. The molecule has 0 atom stereocenters. The van der Waals surface area contributed by atoms with Gasteiger partial charge in [-0.3, -0.25) is 4.79 Å². The lowest BCUT2D eigenvalue weighted by atomic mass is 10.2. The quantitative estimate of drug-likeness (QED) is 0.838. The molecule has 4 nitrogen and oxygen atoms in total. The third kappa shape index (κ3) is 1.76. The highest BCUT2D eigenvalue weighted by atomic mass is 16.2. The first-order valence-electron chi connectivity index (χ1n) is 6.91. The number of rotatable bonds is 2. The van der Waals surface area contributed by atoms with E-state index < -0.39 is 0 Å². The summed E-state index contributed by atoms with van der Waals surface area (Å²) in [5.74, 6) is 0.752. The topological polar surface area (TPSA) is 36.4 Å². The fourth-order valence-electron chi connectivity index (χ4n) is 2.70. The third-order valence-electron chi connectivity index (χ3n) is 3.61. The minimum absolute atomic E-state index is 0.0130. The Kier molecular flexibility index (Phi) is 3.14. The van der Waals surface area contributed by atoms with Crippen LogP contribution in [0, 0.1) is 0 Å². The van der Waals surface area contributed by atoms with Gasteiger partial charge in [0.15, 0.2) is 0 Å². The molecule has 0 saturated carbocycles. The van der Waals surface area contributed by atoms with E-state index in [9.17, 15) is 4.79 Å². The largest absolute Gasteiger partial charge is 0.324 e. The number of aromatic nitrogens is 1. The van der Waals surface area contributed by atoms with Crippen LogP contribution in [0.1, 0.15) is 24.2 Å². The molecule has 1 aliphatic rings. The van der Waals surface area contributed by atoms with Crippen LogP contribution in [0.4, 0.5) is 17.2 Å². The summed E-state index contributed by atoms with van der Waals surface area (Å²) < 4.78 is 0. The van der Waals surface area contributed by atoms with Crippen molar-refractivity contribution in [2.45, 2.75) is 13.8 Å². The number of fused-ring (bicyclic) bond motifs is 2. The second kappa shape index (κ2) is 4.96. The first-order valence-corrected chi connectivity index (χ1v) is 6.91. The average Bonchev–Trinajstić information content (AvgIpc) is 2.60. The maximum Gasteiger partial charge on any atom is 0.262 e. The number of benzene rings is 1. The number of para-hydroxylation sites is 2. The van der Waals surface area contributed by atoms with Crippen molar-refractivity contribution in [3.63, 3.8) is 0 Å². The number of pyridine rings is 1. The molecule has 0 fully saturated rings. The monoisotopic (exact) mass is 267 g/mol. The Morgan fingerprint density at radius 2 is 1.60 bits per heavy atom. The van der Waals surface area contributed by atoms with E-state index in [0.717, 1.165) is 23.7 Å². The zero-order chi connectivity index (χ0) is 14.1. The Balaban J connectivity index is 2.31. The minimum atomic E-state index is 0.0130. The molecule has 4 heteroatoms. The SMILES string of the molecule is CCN1C(=O)c2cccnc2N(CC)c2ccccc21. The highest BCUT2D eigenvalue weighted by Gasteiger charge is 2.29. The lowest BCUT2D eigenvalue weighted by molar-refractivity contribution is 0.0989. The van der Waals surface area contributed by atoms with Crippen LogP contribution in [-0.2, 0) is 0 Å². The number of carbonyl (C=O) groups is 1. The number of hydrogen-bond acceptors (Lipinski definition) is 3. The Bertz CT molecular complexity index is 654. The molecule has 0 spiro atoms. The molecule has 0 bridgehead atoms. The number of amides is 1. The molecule has 1 aromatic carbocycles. The van der Waals surface area contributed by atoms with Gasteiger partial charge in [-0.05, 0) is 38.1 Å². The van der Waals surface area contributed by atoms with Crippen molar-refractivity contribution in [2.24, 2.45) is 0 Å². The van der Waals surface area contributed by atoms with Crippen molar-refractivity contribution in [2.75, 3.05) is 22.9 Å². The lowest BCUT2D eigenvalue weighted by Crippen LogP contribution is -2.29. The van der Waals surface area contributed by atoms with Gasteiger partial charge in [-0.2, -0.15) is 0 Å². The summed E-state index contributed by atoms with van der Waals surface area (Å²) >= 11 is 0. The minimum Gasteiger partial charge on any atom is -0.324 e. The molecule has 0 aliphatic carbocycles. The van der Waals surface area contributed by atoms with Crippen molar-refractivity contribution in [1.82, 2.24) is 4.98 Å². The fourth-order valence-corrected chi connectivity index (χ4v) is 2.70. The van der Waals surface area contributed by atoms with Gasteiger partial charge in [0.1, 0.15) is 5.82 Å². The number of nitrogens with zero attached hydrogens (tertiary/aromatic N) is 3. The Morgan fingerprint density at radius 3 is 2.25 bits per heavy atom. The highest BCUT2D eigenvalue weighted by Crippen LogP contribution is 2.38. The van der Waals surface area contributed by atoms with E-state index in [4.69, 9.17) is 0 Å². The molecule has 2 heterocycles. The zero-order valence-electron chi connectivity index (χ0n) is 11.7. The summed E-state index contributed by atoms with van der Waals surface area (Å²) in [5.41, 5.74) is 2.63. The third-order valence-corrected chi connectivity index (χ3v) is 3.61. The average molecular weight is 267 g/mol. The summed E-state index contributed by atoms with van der Waals surface area (Å²) in [6.07, 6.45) is 1.74. The fraction of sp³-hybridized carbons (Fsp3) is 0.250. The molecule has 0 N–H and O–H groups in total.